The van der Waals surface area contributed by atoms with E-state index in [-0.39, 0.29) is 6.04 Å². The highest BCUT2D eigenvalue weighted by Crippen LogP contribution is 2.40. The molecule has 28 heavy (non-hydrogen) atoms. The molecule has 1 aliphatic rings. The van der Waals surface area contributed by atoms with Crippen LogP contribution in [0.1, 0.15) is 44.0 Å². The van der Waals surface area contributed by atoms with Crippen molar-refractivity contribution in [3.8, 4) is 11.1 Å². The smallest absolute Gasteiger partial charge is 0.132 e. The third-order valence-corrected chi connectivity index (χ3v) is 5.69. The third kappa shape index (κ3) is 3.63. The largest absolute Gasteiger partial charge is 0.349 e. The first-order chi connectivity index (χ1) is 13.5. The van der Waals surface area contributed by atoms with E-state index in [4.69, 9.17) is 21.7 Å². The van der Waals surface area contributed by atoms with E-state index in [1.165, 1.54) is 0 Å². The lowest BCUT2D eigenvalue weighted by molar-refractivity contribution is 0.481. The molecule has 0 radical (unpaired) electrons. The topological polar surface area (TPSA) is 46.8 Å². The molecule has 0 amide bonds. The number of aromatic nitrogens is 4. The van der Waals surface area contributed by atoms with Crippen molar-refractivity contribution in [3.63, 3.8) is 0 Å². The maximum atomic E-state index is 6.76. The highest BCUT2D eigenvalue weighted by Gasteiger charge is 2.32. The highest BCUT2D eigenvalue weighted by molar-refractivity contribution is 6.30. The van der Waals surface area contributed by atoms with Crippen LogP contribution in [0.25, 0.3) is 11.1 Å². The van der Waals surface area contributed by atoms with Crippen molar-refractivity contribution in [3.05, 3.63) is 59.3 Å². The van der Waals surface area contributed by atoms with Gasteiger partial charge in [0.25, 0.3) is 0 Å². The third-order valence-electron chi connectivity index (χ3n) is 5.29. The predicted octanol–water partition coefficient (Wildman–Crippen LogP) is 5.30. The number of nitrogens with zero attached hydrogens (tertiary/aromatic N) is 5. The molecule has 1 saturated heterocycles. The van der Waals surface area contributed by atoms with Gasteiger partial charge in [-0.05, 0) is 55.5 Å². The molecule has 3 aromatic rings. The van der Waals surface area contributed by atoms with E-state index in [2.05, 4.69) is 42.8 Å². The van der Waals surface area contributed by atoms with Crippen LogP contribution >= 0.6 is 11.6 Å². The van der Waals surface area contributed by atoms with Crippen LogP contribution in [0.3, 0.4) is 0 Å². The Kier molecular flexibility index (Phi) is 5.36. The Morgan fingerprint density at radius 2 is 1.93 bits per heavy atom. The van der Waals surface area contributed by atoms with Gasteiger partial charge in [-0.1, -0.05) is 25.4 Å². The van der Waals surface area contributed by atoms with E-state index in [1.54, 1.807) is 12.4 Å². The normalized spacial score (nSPS) is 16.9. The molecular weight excluding hydrogens is 370 g/mol. The van der Waals surface area contributed by atoms with Crippen LogP contribution < -0.4 is 4.90 Å². The summed E-state index contributed by atoms with van der Waals surface area (Å²) >= 11 is 6.76. The van der Waals surface area contributed by atoms with Crippen LogP contribution in [0, 0.1) is 12.8 Å². The fourth-order valence-corrected chi connectivity index (χ4v) is 4.39. The molecule has 0 bridgehead atoms. The Bertz CT molecular complexity index is 934. The number of hydrogen-bond donors (Lipinski definition) is 0. The fraction of sp³-hybridized carbons (Fsp3) is 0.409. The van der Waals surface area contributed by atoms with Gasteiger partial charge in [0.1, 0.15) is 11.0 Å². The maximum absolute atomic E-state index is 6.76. The van der Waals surface area contributed by atoms with Gasteiger partial charge in [0.15, 0.2) is 0 Å². The van der Waals surface area contributed by atoms with Crippen LogP contribution in [0.2, 0.25) is 5.15 Å². The highest BCUT2D eigenvalue weighted by atomic mass is 35.5. The molecule has 0 aromatic carbocycles. The Morgan fingerprint density at radius 1 is 1.14 bits per heavy atom. The summed E-state index contributed by atoms with van der Waals surface area (Å²) in [5.74, 6) is 1.50. The molecule has 0 N–H and O–H groups in total. The predicted molar refractivity (Wildman–Crippen MR) is 114 cm³/mol. The van der Waals surface area contributed by atoms with Crippen LogP contribution in [0.15, 0.2) is 42.9 Å². The monoisotopic (exact) mass is 395 g/mol. The second kappa shape index (κ2) is 7.92. The number of anilines is 1. The minimum Gasteiger partial charge on any atom is -0.349 e. The molecule has 3 aromatic heterocycles. The lowest BCUT2D eigenvalue weighted by atomic mass is 10.1. The van der Waals surface area contributed by atoms with E-state index in [0.29, 0.717) is 5.92 Å². The van der Waals surface area contributed by atoms with Crippen molar-refractivity contribution in [2.24, 2.45) is 5.92 Å². The lowest BCUT2D eigenvalue weighted by Crippen LogP contribution is -2.24. The maximum Gasteiger partial charge on any atom is 0.132 e. The number of aryl methyl sites for hydroxylation is 1. The quantitative estimate of drug-likeness (QED) is 0.588. The number of hydrogen-bond acceptors (Lipinski definition) is 4. The first kappa shape index (κ1) is 18.9. The van der Waals surface area contributed by atoms with Crippen molar-refractivity contribution >= 4 is 17.4 Å². The van der Waals surface area contributed by atoms with E-state index >= 15 is 0 Å². The Hall–Kier alpha value is -2.40. The second-order valence-electron chi connectivity index (χ2n) is 7.86. The Balaban J connectivity index is 1.62. The van der Waals surface area contributed by atoms with Gasteiger partial charge in [0.2, 0.25) is 0 Å². The van der Waals surface area contributed by atoms with Crippen molar-refractivity contribution in [2.75, 3.05) is 11.4 Å². The summed E-state index contributed by atoms with van der Waals surface area (Å²) in [4.78, 5) is 11.2. The molecule has 5 nitrogen and oxygen atoms in total. The minimum absolute atomic E-state index is 0.229. The van der Waals surface area contributed by atoms with Gasteiger partial charge in [-0.3, -0.25) is 9.67 Å². The first-order valence-corrected chi connectivity index (χ1v) is 10.3. The fourth-order valence-electron chi connectivity index (χ4n) is 4.02. The molecule has 146 valence electrons. The molecular formula is C22H26ClN5. The molecule has 1 atom stereocenters. The molecule has 4 heterocycles. The van der Waals surface area contributed by atoms with E-state index < -0.39 is 0 Å². The van der Waals surface area contributed by atoms with Crippen molar-refractivity contribution in [1.29, 1.82) is 0 Å². The number of halogens is 1. The van der Waals surface area contributed by atoms with Gasteiger partial charge in [0.05, 0.1) is 11.7 Å². The van der Waals surface area contributed by atoms with Gasteiger partial charge < -0.3 is 4.90 Å². The second-order valence-corrected chi connectivity index (χ2v) is 8.22. The molecule has 4 rings (SSSR count). The summed E-state index contributed by atoms with van der Waals surface area (Å²) in [5, 5.41) is 5.48. The summed E-state index contributed by atoms with van der Waals surface area (Å²) in [6.07, 6.45) is 7.75. The number of pyridine rings is 2. The van der Waals surface area contributed by atoms with Crippen molar-refractivity contribution in [1.82, 2.24) is 19.7 Å². The van der Waals surface area contributed by atoms with Gasteiger partial charge in [-0.25, -0.2) is 4.98 Å². The Morgan fingerprint density at radius 3 is 2.61 bits per heavy atom. The molecule has 1 fully saturated rings. The van der Waals surface area contributed by atoms with Crippen molar-refractivity contribution in [2.45, 2.75) is 46.2 Å². The summed E-state index contributed by atoms with van der Waals surface area (Å²) in [5.41, 5.74) is 4.40. The summed E-state index contributed by atoms with van der Waals surface area (Å²) < 4.78 is 1.95. The van der Waals surface area contributed by atoms with E-state index in [0.717, 1.165) is 59.3 Å². The SMILES string of the molecule is Cc1nn(CC(C)C)c(Cl)c1C1CCCN1c1ccc(-c2ccncc2)cn1. The summed E-state index contributed by atoms with van der Waals surface area (Å²) in [6.45, 7) is 8.25. The standard InChI is InChI=1S/C22H26ClN5/c1-15(2)14-28-22(23)21(16(3)26-28)19-5-4-12-27(19)20-7-6-18(13-25-20)17-8-10-24-11-9-17/h6-11,13,15,19H,4-5,12,14H2,1-3H3. The number of rotatable bonds is 5. The molecule has 6 heteroatoms. The molecule has 1 unspecified atom stereocenters. The average Bonchev–Trinajstić information content (AvgIpc) is 3.27. The average molecular weight is 396 g/mol. The van der Waals surface area contributed by atoms with Crippen LogP contribution in [0.5, 0.6) is 0 Å². The zero-order valence-corrected chi connectivity index (χ0v) is 17.4. The molecule has 1 aliphatic heterocycles. The lowest BCUT2D eigenvalue weighted by Gasteiger charge is -2.26. The van der Waals surface area contributed by atoms with Gasteiger partial charge >= 0.3 is 0 Å². The molecule has 0 spiro atoms. The van der Waals surface area contributed by atoms with Gasteiger partial charge in [0, 0.05) is 42.8 Å². The van der Waals surface area contributed by atoms with Crippen LogP contribution in [0.4, 0.5) is 5.82 Å². The first-order valence-electron chi connectivity index (χ1n) is 9.90. The van der Waals surface area contributed by atoms with E-state index in [9.17, 15) is 0 Å². The summed E-state index contributed by atoms with van der Waals surface area (Å²) in [7, 11) is 0. The molecule has 0 saturated carbocycles. The van der Waals surface area contributed by atoms with Crippen molar-refractivity contribution < 1.29 is 0 Å². The minimum atomic E-state index is 0.229. The molecule has 0 aliphatic carbocycles. The van der Waals surface area contributed by atoms with Gasteiger partial charge in [-0.15, -0.1) is 0 Å². The Labute approximate surface area is 171 Å². The zero-order valence-electron chi connectivity index (χ0n) is 16.6. The van der Waals surface area contributed by atoms with Crippen LogP contribution in [-0.2, 0) is 6.54 Å². The van der Waals surface area contributed by atoms with Gasteiger partial charge in [-0.2, -0.15) is 5.10 Å². The van der Waals surface area contributed by atoms with Crippen LogP contribution in [-0.4, -0.2) is 26.3 Å². The summed E-state index contributed by atoms with van der Waals surface area (Å²) in [6, 6.07) is 8.47. The van der Waals surface area contributed by atoms with E-state index in [1.807, 2.05) is 23.0 Å². The zero-order chi connectivity index (χ0) is 19.7.